The van der Waals surface area contributed by atoms with Crippen LogP contribution in [0.2, 0.25) is 0 Å². The molecule has 12 atom stereocenters. The van der Waals surface area contributed by atoms with Gasteiger partial charge < -0.3 is 60.6 Å². The van der Waals surface area contributed by atoms with Crippen molar-refractivity contribution in [1.29, 1.82) is 0 Å². The van der Waals surface area contributed by atoms with Gasteiger partial charge in [0.25, 0.3) is 0 Å². The summed E-state index contributed by atoms with van der Waals surface area (Å²) < 4.78 is 16.9. The Labute approximate surface area is 822 Å². The van der Waals surface area contributed by atoms with Crippen LogP contribution < -0.4 is 21.3 Å². The number of morpholine rings is 2. The molecule has 0 spiro atoms. The molecule has 5 saturated heterocycles. The molecular formula is C108H129N19O14. The molecule has 33 nitrogen and oxygen atoms in total. The molecule has 19 rings (SSSR count). The van der Waals surface area contributed by atoms with E-state index < -0.39 is 60.3 Å². The van der Waals surface area contributed by atoms with Crippen molar-refractivity contribution in [3.8, 4) is 5.75 Å². The number of carbonyl (C=O) groups is 10. The summed E-state index contributed by atoms with van der Waals surface area (Å²) in [5, 5.41) is 33.0. The van der Waals surface area contributed by atoms with Crippen molar-refractivity contribution in [3.05, 3.63) is 311 Å². The van der Waals surface area contributed by atoms with Crippen LogP contribution in [0.25, 0.3) is 0 Å². The molecule has 33 heteroatoms. The number of Topliss-reactive ketones (excluding diaryl/α,β-unsaturated/α-hetero) is 1. The number of aromatic nitrogens is 11. The minimum absolute atomic E-state index is 0.0242. The molecule has 0 radical (unpaired) electrons. The number of imidazole rings is 4. The van der Waals surface area contributed by atoms with Gasteiger partial charge >= 0.3 is 12.0 Å². The van der Waals surface area contributed by atoms with Crippen LogP contribution in [0, 0.1) is 82.9 Å². The maximum atomic E-state index is 14.5. The Morgan fingerprint density at radius 3 is 1.06 bits per heavy atom. The summed E-state index contributed by atoms with van der Waals surface area (Å²) in [6, 6.07) is 34.0. The van der Waals surface area contributed by atoms with Gasteiger partial charge in [0, 0.05) is 139 Å². The van der Waals surface area contributed by atoms with Crippen LogP contribution >= 0.6 is 0 Å². The van der Waals surface area contributed by atoms with E-state index in [1.165, 1.54) is 60.1 Å². The number of piperazine rings is 3. The molecule has 8 aliphatic rings. The number of hydrogen-bond donors (Lipinski definition) is 6. The Morgan fingerprint density at radius 1 is 0.426 bits per heavy atom. The normalized spacial score (nSPS) is 20.3. The number of nitrogens with zero attached hydrogens (tertiary/aromatic N) is 15. The second-order valence-electron chi connectivity index (χ2n) is 37.6. The number of ketones is 1. The van der Waals surface area contributed by atoms with Gasteiger partial charge in [-0.15, -0.1) is 0 Å². The number of aromatic hydroxyl groups is 1. The van der Waals surface area contributed by atoms with Gasteiger partial charge in [0.05, 0.1) is 26.4 Å². The second kappa shape index (κ2) is 47.1. The number of nitrogens with one attached hydrogen (secondary N) is 4. The van der Waals surface area contributed by atoms with E-state index in [1.54, 1.807) is 108 Å². The van der Waals surface area contributed by atoms with E-state index in [2.05, 4.69) is 87.0 Å². The summed E-state index contributed by atoms with van der Waals surface area (Å²) in [7, 11) is 0. The van der Waals surface area contributed by atoms with Crippen molar-refractivity contribution in [2.75, 3.05) is 52.6 Å². The molecule has 0 bridgehead atoms. The first-order chi connectivity index (χ1) is 68.0. The fourth-order valence-corrected chi connectivity index (χ4v) is 20.2. The molecule has 141 heavy (non-hydrogen) atoms. The summed E-state index contributed by atoms with van der Waals surface area (Å²) >= 11 is 0. The number of aliphatic carboxylic acids is 1. The molecular weight excluding hydrogens is 1790 g/mol. The lowest BCUT2D eigenvalue weighted by Gasteiger charge is -2.47. The molecule has 740 valence electrons. The quantitative estimate of drug-likeness (QED) is 0.0367. The zero-order valence-corrected chi connectivity index (χ0v) is 82.2. The smallest absolute Gasteiger partial charge is 0.338 e. The number of aryl methyl sites for hydroxylation is 6. The SMILES string of the molecule is C1COCCN1.C=C(n1ccnc1)n1ccnc1.CC[C@H](C)[C@@H]1C(=O)N[C@H](C2Cc3ccccc3C2)C(=O)N1[C@@H](C(=O)Cc1ccccc1O)c1ccc(C)nc1C.CC[C@H](C)[C@@H]1C(=O)N[C@H](C2Cc3ccccc3C2)C(=O)N1[C@@H](C(=O)N1CCOCC1)c1ccc(C)nc1C.CC[C@H](C)[C@@H]1C(=O)N[C@H](C2Cc3ccccc3C2)C(=O)N1[C@@H](C(=O)O)c1ccc(C)nc1C.O=C(n1ccnc1)n1ccnc1. The minimum atomic E-state index is -1.28. The fourth-order valence-electron chi connectivity index (χ4n) is 20.2. The molecule has 0 unspecified atom stereocenters. The zero-order valence-electron chi connectivity index (χ0n) is 82.2. The third-order valence-electron chi connectivity index (χ3n) is 28.2. The molecule has 6 N–H and O–H groups in total. The third-order valence-corrected chi connectivity index (χ3v) is 28.2. The number of carboxylic acid groups (broad SMARTS) is 1. The lowest BCUT2D eigenvalue weighted by molar-refractivity contribution is -0.164. The average Bonchev–Trinajstić information content (AvgIpc) is 1.74. The highest BCUT2D eigenvalue weighted by atomic mass is 16.5. The minimum Gasteiger partial charge on any atom is -0.508 e. The second-order valence-corrected chi connectivity index (χ2v) is 37.6. The Kier molecular flexibility index (Phi) is 34.3. The summed E-state index contributed by atoms with van der Waals surface area (Å²) in [6.07, 6.45) is 25.8. The molecule has 4 aromatic carbocycles. The number of ether oxygens (including phenoxy) is 2. The van der Waals surface area contributed by atoms with Gasteiger partial charge in [-0.2, -0.15) is 0 Å². The number of carbonyl (C=O) groups excluding carboxylic acids is 9. The number of benzene rings is 4. The van der Waals surface area contributed by atoms with Crippen molar-refractivity contribution in [2.45, 2.75) is 202 Å². The maximum Gasteiger partial charge on any atom is 0.338 e. The van der Waals surface area contributed by atoms with E-state index in [0.29, 0.717) is 111 Å². The van der Waals surface area contributed by atoms with E-state index >= 15 is 0 Å². The molecule has 3 aliphatic carbocycles. The van der Waals surface area contributed by atoms with Crippen LogP contribution in [0.5, 0.6) is 5.75 Å². The van der Waals surface area contributed by atoms with E-state index in [1.807, 2.05) is 170 Å². The topological polar surface area (TPSA) is 401 Å². The van der Waals surface area contributed by atoms with Crippen LogP contribution in [0.4, 0.5) is 4.79 Å². The highest BCUT2D eigenvalue weighted by molar-refractivity contribution is 6.03. The largest absolute Gasteiger partial charge is 0.508 e. The predicted molar refractivity (Wildman–Crippen MR) is 528 cm³/mol. The first-order valence-corrected chi connectivity index (χ1v) is 48.7. The number of fused-ring (bicyclic) bond motifs is 3. The lowest BCUT2D eigenvalue weighted by Crippen LogP contribution is -2.68. The average molecular weight is 1920 g/mol. The number of para-hydroxylation sites is 1. The summed E-state index contributed by atoms with van der Waals surface area (Å²) in [5.74, 6) is -2.96. The Balaban J connectivity index is 0.000000146. The van der Waals surface area contributed by atoms with Gasteiger partial charge in [-0.05, 0) is 173 Å². The molecule has 11 aromatic rings. The predicted octanol–water partition coefficient (Wildman–Crippen LogP) is 11.2. The molecule has 12 heterocycles. The van der Waals surface area contributed by atoms with Crippen molar-refractivity contribution < 1.29 is 67.6 Å². The van der Waals surface area contributed by atoms with Crippen molar-refractivity contribution in [1.82, 2.24) is 94.0 Å². The van der Waals surface area contributed by atoms with Crippen molar-refractivity contribution >= 4 is 59.1 Å². The Hall–Kier alpha value is -14.3. The molecule has 7 amide bonds. The van der Waals surface area contributed by atoms with Gasteiger partial charge in [0.1, 0.15) is 85.2 Å². The highest BCUT2D eigenvalue weighted by Gasteiger charge is 2.55. The van der Waals surface area contributed by atoms with Gasteiger partial charge in [-0.1, -0.05) is 177 Å². The lowest BCUT2D eigenvalue weighted by atomic mass is 9.84. The Bertz CT molecular complexity index is 6000. The van der Waals surface area contributed by atoms with Gasteiger partial charge in [-0.25, -0.2) is 29.5 Å². The number of carboxylic acids is 1. The van der Waals surface area contributed by atoms with Crippen LogP contribution in [0.1, 0.15) is 169 Å². The Morgan fingerprint density at radius 2 is 0.745 bits per heavy atom. The maximum absolute atomic E-state index is 14.5. The fraction of sp³-hybridized carbons (Fsp3) is 0.417. The first kappa shape index (κ1) is 103. The van der Waals surface area contributed by atoms with Gasteiger partial charge in [0.2, 0.25) is 41.4 Å². The van der Waals surface area contributed by atoms with Crippen LogP contribution in [-0.4, -0.2) is 231 Å². The number of hydrogen-bond acceptors (Lipinski definition) is 21. The molecule has 0 saturated carbocycles. The third kappa shape index (κ3) is 23.7. The summed E-state index contributed by atoms with van der Waals surface area (Å²) in [4.78, 5) is 172. The number of phenolic OH excluding ortho intramolecular Hbond substituents is 1. The van der Waals surface area contributed by atoms with E-state index in [4.69, 9.17) is 9.47 Å². The number of amides is 7. The van der Waals surface area contributed by atoms with E-state index in [-0.39, 0.29) is 101 Å². The molecule has 5 fully saturated rings. The van der Waals surface area contributed by atoms with Crippen LogP contribution in [-0.2, 0) is 97.6 Å². The number of phenols is 1. The first-order valence-electron chi connectivity index (χ1n) is 48.7. The van der Waals surface area contributed by atoms with Crippen LogP contribution in [0.15, 0.2) is 215 Å². The van der Waals surface area contributed by atoms with E-state index in [0.717, 1.165) is 62.0 Å². The summed E-state index contributed by atoms with van der Waals surface area (Å²) in [6.45, 7) is 32.4. The van der Waals surface area contributed by atoms with E-state index in [9.17, 15) is 58.2 Å². The zero-order chi connectivity index (χ0) is 100. The van der Waals surface area contributed by atoms with Gasteiger partial charge in [-0.3, -0.25) is 71.6 Å². The summed E-state index contributed by atoms with van der Waals surface area (Å²) in [5.41, 5.74) is 13.7. The molecule has 5 aliphatic heterocycles. The van der Waals surface area contributed by atoms with Gasteiger partial charge in [0.15, 0.2) is 11.8 Å². The molecule has 7 aromatic heterocycles. The van der Waals surface area contributed by atoms with Crippen molar-refractivity contribution in [2.24, 2.45) is 35.5 Å². The highest BCUT2D eigenvalue weighted by Crippen LogP contribution is 2.43. The monoisotopic (exact) mass is 1920 g/mol. The van der Waals surface area contributed by atoms with Crippen LogP contribution in [0.3, 0.4) is 0 Å². The number of rotatable bonds is 22. The standard InChI is InChI=1S/C33H37N3O4.C30H38N4O4.C26H31N3O4.C8H8N4.C7H6N4O.C4H9NO/c1-5-19(2)30-32(39)35-29(25-16-22-10-6-7-11-23(22)17-25)33(40)36(30)31(26-15-14-20(3)34-21(26)4)28(38)18-24-12-8-9-13-27(24)37;1-5-18(2)26-28(35)32-25(23-16-21-8-6-7-9-22(21)17-23)29(36)34(26)27(24-11-10-19(3)31-20(24)4)30(37)33-12-14-38-15-13-33;1-5-14(2)22-24(30)28-21(19-12-17-8-6-7-9-18(17)13-19)25(31)29(22)23(26(32)33)20-11-10-15(3)27-16(20)4;1-8(11-4-2-9-6-11)12-5-3-10-7-12;12-7(10-3-1-8-5-10)11-4-2-9-6-11;1-3-6-4-2-5-1/h6-15,19,25,29-31,37H,5,16-18H2,1-4H3,(H,35,39);6-11,18,23,25-27H,5,12-17H2,1-4H3,(H,32,35);6-11,14,19,21-23H,5,12-13H2,1-4H3,(H,28,30)(H,32,33);2-7H,1H2;1-6H;5H,1-4H2/t19-,29+,30+,31+;18-,25+,26+,27+;14-,21+,22+,23+;;;/m000.../s1. The number of pyridine rings is 3. The van der Waals surface area contributed by atoms with Crippen molar-refractivity contribution in [3.63, 3.8) is 0 Å².